The van der Waals surface area contributed by atoms with Gasteiger partial charge in [0.1, 0.15) is 5.75 Å². The second-order valence-electron chi connectivity index (χ2n) is 6.79. The van der Waals surface area contributed by atoms with Crippen LogP contribution in [0.5, 0.6) is 5.75 Å². The highest BCUT2D eigenvalue weighted by atomic mass is 35.5. The number of quaternary nitrogens is 1. The van der Waals surface area contributed by atoms with Crippen molar-refractivity contribution in [1.82, 2.24) is 0 Å². The molecule has 1 saturated heterocycles. The molecule has 2 N–H and O–H groups in total. The molecular formula is C21H27ClN3O2+. The third-order valence-corrected chi connectivity index (χ3v) is 5.25. The Morgan fingerprint density at radius 2 is 1.93 bits per heavy atom. The zero-order chi connectivity index (χ0) is 19.2. The molecule has 0 bridgehead atoms. The van der Waals surface area contributed by atoms with E-state index in [9.17, 15) is 4.79 Å². The summed E-state index contributed by atoms with van der Waals surface area (Å²) in [6.45, 7) is 8.25. The van der Waals surface area contributed by atoms with Crippen molar-refractivity contribution in [3.63, 3.8) is 0 Å². The maximum Gasteiger partial charge on any atom is 0.282 e. The first-order valence-electron chi connectivity index (χ1n) is 9.45. The van der Waals surface area contributed by atoms with E-state index < -0.39 is 0 Å². The molecular weight excluding hydrogens is 362 g/mol. The lowest BCUT2D eigenvalue weighted by atomic mass is 10.2. The number of anilines is 2. The Balaban J connectivity index is 1.52. The van der Waals surface area contributed by atoms with E-state index in [-0.39, 0.29) is 11.9 Å². The Bertz CT molecular complexity index is 758. The first-order valence-corrected chi connectivity index (χ1v) is 9.83. The maximum absolute atomic E-state index is 12.6. The highest BCUT2D eigenvalue weighted by Crippen LogP contribution is 2.19. The number of hydrogen-bond donors (Lipinski definition) is 2. The predicted octanol–water partition coefficient (Wildman–Crippen LogP) is 2.47. The van der Waals surface area contributed by atoms with Gasteiger partial charge in [0, 0.05) is 16.4 Å². The van der Waals surface area contributed by atoms with Gasteiger partial charge in [-0.2, -0.15) is 0 Å². The number of ether oxygens (including phenoxy) is 1. The van der Waals surface area contributed by atoms with Crippen LogP contribution < -0.4 is 19.9 Å². The summed E-state index contributed by atoms with van der Waals surface area (Å²) < 4.78 is 5.43. The molecule has 6 heteroatoms. The highest BCUT2D eigenvalue weighted by Gasteiger charge is 2.29. The van der Waals surface area contributed by atoms with Gasteiger partial charge >= 0.3 is 0 Å². The van der Waals surface area contributed by atoms with E-state index in [4.69, 9.17) is 16.3 Å². The first-order chi connectivity index (χ1) is 13.1. The van der Waals surface area contributed by atoms with Gasteiger partial charge in [0.05, 0.1) is 32.8 Å². The Morgan fingerprint density at radius 1 is 1.22 bits per heavy atom. The average Bonchev–Trinajstić information content (AvgIpc) is 2.69. The number of piperazine rings is 1. The van der Waals surface area contributed by atoms with Gasteiger partial charge in [0.25, 0.3) is 5.91 Å². The number of nitrogens with zero attached hydrogens (tertiary/aromatic N) is 1. The molecule has 1 amide bonds. The summed E-state index contributed by atoms with van der Waals surface area (Å²) in [4.78, 5) is 16.3. The lowest BCUT2D eigenvalue weighted by Crippen LogP contribution is -3.19. The number of hydrogen-bond acceptors (Lipinski definition) is 3. The number of rotatable bonds is 6. The highest BCUT2D eigenvalue weighted by molar-refractivity contribution is 6.30. The summed E-state index contributed by atoms with van der Waals surface area (Å²) >= 11 is 6.10. The summed E-state index contributed by atoms with van der Waals surface area (Å²) in [5.74, 6) is 0.858. The molecule has 1 fully saturated rings. The number of carbonyl (C=O) groups is 1. The lowest BCUT2D eigenvalue weighted by molar-refractivity contribution is -0.914. The molecule has 0 aromatic heterocycles. The first kappa shape index (κ1) is 19.5. The van der Waals surface area contributed by atoms with Crippen molar-refractivity contribution in [2.45, 2.75) is 19.9 Å². The minimum Gasteiger partial charge on any atom is -0.494 e. The molecule has 2 aromatic rings. The van der Waals surface area contributed by atoms with E-state index in [1.807, 2.05) is 56.3 Å². The summed E-state index contributed by atoms with van der Waals surface area (Å²) in [6, 6.07) is 15.3. The standard InChI is InChI=1S/C21H26ClN3O2/c1-3-27-20-9-7-18(8-10-20)23-21(26)16(2)24-11-13-25(14-12-24)19-6-4-5-17(22)15-19/h4-10,15-16H,3,11-14H2,1-2H3,(H,23,26)/p+1/t16-/m0/s1. The normalized spacial score (nSPS) is 16.0. The topological polar surface area (TPSA) is 46.0 Å². The van der Waals surface area contributed by atoms with Crippen LogP contribution in [0, 0.1) is 0 Å². The van der Waals surface area contributed by atoms with Crippen molar-refractivity contribution in [3.05, 3.63) is 53.6 Å². The van der Waals surface area contributed by atoms with Crippen LogP contribution in [0.1, 0.15) is 13.8 Å². The summed E-state index contributed by atoms with van der Waals surface area (Å²) in [7, 11) is 0. The van der Waals surface area contributed by atoms with Gasteiger partial charge in [0.2, 0.25) is 0 Å². The SMILES string of the molecule is CCOc1ccc(NC(=O)[C@H](C)[NH+]2CCN(c3cccc(Cl)c3)CC2)cc1. The quantitative estimate of drug-likeness (QED) is 0.799. The third kappa shape index (κ3) is 5.15. The van der Waals surface area contributed by atoms with E-state index in [1.165, 1.54) is 4.90 Å². The van der Waals surface area contributed by atoms with E-state index in [0.29, 0.717) is 6.61 Å². The van der Waals surface area contributed by atoms with Gasteiger partial charge in [-0.1, -0.05) is 17.7 Å². The van der Waals surface area contributed by atoms with Crippen LogP contribution in [0.15, 0.2) is 48.5 Å². The summed E-state index contributed by atoms with van der Waals surface area (Å²) in [6.07, 6.45) is 0. The number of carbonyl (C=O) groups excluding carboxylic acids is 1. The number of halogens is 1. The zero-order valence-corrected chi connectivity index (χ0v) is 16.6. The second kappa shape index (κ2) is 9.11. The molecule has 1 atom stereocenters. The van der Waals surface area contributed by atoms with Gasteiger partial charge in [-0.05, 0) is 56.3 Å². The van der Waals surface area contributed by atoms with Crippen molar-refractivity contribution in [2.24, 2.45) is 0 Å². The summed E-state index contributed by atoms with van der Waals surface area (Å²) in [5.41, 5.74) is 1.94. The van der Waals surface area contributed by atoms with Gasteiger partial charge in [0.15, 0.2) is 6.04 Å². The van der Waals surface area contributed by atoms with E-state index in [1.54, 1.807) is 0 Å². The molecule has 1 aliphatic rings. The predicted molar refractivity (Wildman–Crippen MR) is 110 cm³/mol. The minimum absolute atomic E-state index is 0.0466. The molecule has 0 saturated carbocycles. The smallest absolute Gasteiger partial charge is 0.282 e. The van der Waals surface area contributed by atoms with E-state index in [2.05, 4.69) is 16.3 Å². The fourth-order valence-electron chi connectivity index (χ4n) is 3.40. The molecule has 1 heterocycles. The molecule has 0 unspecified atom stereocenters. The van der Waals surface area contributed by atoms with Crippen LogP contribution in [0.4, 0.5) is 11.4 Å². The number of benzene rings is 2. The molecule has 3 rings (SSSR count). The maximum atomic E-state index is 12.6. The van der Waals surface area contributed by atoms with E-state index in [0.717, 1.165) is 48.3 Å². The van der Waals surface area contributed by atoms with Gasteiger partial charge < -0.3 is 19.9 Å². The fourth-order valence-corrected chi connectivity index (χ4v) is 3.58. The third-order valence-electron chi connectivity index (χ3n) is 5.02. The van der Waals surface area contributed by atoms with Crippen molar-refractivity contribution >= 4 is 28.9 Å². The second-order valence-corrected chi connectivity index (χ2v) is 7.23. The van der Waals surface area contributed by atoms with Crippen LogP contribution in [0.2, 0.25) is 5.02 Å². The Morgan fingerprint density at radius 3 is 2.56 bits per heavy atom. The molecule has 1 aliphatic heterocycles. The van der Waals surface area contributed by atoms with Gasteiger partial charge in [-0.15, -0.1) is 0 Å². The Hall–Kier alpha value is -2.24. The largest absolute Gasteiger partial charge is 0.494 e. The van der Waals surface area contributed by atoms with Crippen LogP contribution in [0.3, 0.4) is 0 Å². The molecule has 0 aliphatic carbocycles. The average molecular weight is 389 g/mol. The van der Waals surface area contributed by atoms with Crippen LogP contribution in [-0.2, 0) is 4.79 Å². The van der Waals surface area contributed by atoms with Crippen molar-refractivity contribution in [3.8, 4) is 5.75 Å². The molecule has 2 aromatic carbocycles. The number of nitrogens with one attached hydrogen (secondary N) is 2. The van der Waals surface area contributed by atoms with Gasteiger partial charge in [-0.25, -0.2) is 0 Å². The van der Waals surface area contributed by atoms with E-state index >= 15 is 0 Å². The number of amides is 1. The summed E-state index contributed by atoms with van der Waals surface area (Å²) in [5, 5.41) is 3.77. The monoisotopic (exact) mass is 388 g/mol. The lowest BCUT2D eigenvalue weighted by Gasteiger charge is -2.36. The van der Waals surface area contributed by atoms with Gasteiger partial charge in [-0.3, -0.25) is 4.79 Å². The Kier molecular flexibility index (Phi) is 6.58. The van der Waals surface area contributed by atoms with Crippen LogP contribution >= 0.6 is 11.6 Å². The zero-order valence-electron chi connectivity index (χ0n) is 15.9. The van der Waals surface area contributed by atoms with Crippen LogP contribution in [-0.4, -0.2) is 44.7 Å². The van der Waals surface area contributed by atoms with Crippen molar-refractivity contribution < 1.29 is 14.4 Å². The Labute approximate surface area is 165 Å². The van der Waals surface area contributed by atoms with Crippen molar-refractivity contribution in [1.29, 1.82) is 0 Å². The molecule has 5 nitrogen and oxygen atoms in total. The molecule has 27 heavy (non-hydrogen) atoms. The van der Waals surface area contributed by atoms with Crippen molar-refractivity contribution in [2.75, 3.05) is 43.0 Å². The fraction of sp³-hybridized carbons (Fsp3) is 0.381. The van der Waals surface area contributed by atoms with Crippen LogP contribution in [0.25, 0.3) is 0 Å². The molecule has 0 spiro atoms. The molecule has 144 valence electrons. The molecule has 0 radical (unpaired) electrons. The minimum atomic E-state index is -0.0990.